The minimum Gasteiger partial charge on any atom is -0.497 e. The maximum Gasteiger partial charge on any atom is 0.266 e. The van der Waals surface area contributed by atoms with Crippen molar-refractivity contribution < 1.29 is 27.4 Å². The van der Waals surface area contributed by atoms with Gasteiger partial charge >= 0.3 is 0 Å². The number of benzene rings is 2. The standard InChI is InChI=1S/C24H29N3O6S3/c1-31-16-7-9-17(10-8-16)36(29,30)27-11-5-6-18(27)23(28)25-24-26(12-13-34-4)19-14-20(32-2)21(33-3)15-22(19)35-24/h7-10,14-15,18H,5-6,11-13H2,1-4H3. The van der Waals surface area contributed by atoms with Gasteiger partial charge in [-0.1, -0.05) is 11.3 Å². The molecule has 2 heterocycles. The van der Waals surface area contributed by atoms with Crippen LogP contribution in [0.3, 0.4) is 0 Å². The molecule has 1 saturated heterocycles. The second-order valence-corrected chi connectivity index (χ2v) is 12.0. The molecule has 0 radical (unpaired) electrons. The van der Waals surface area contributed by atoms with Gasteiger partial charge in [0.15, 0.2) is 16.3 Å². The lowest BCUT2D eigenvalue weighted by molar-refractivity contribution is -0.121. The number of carbonyl (C=O) groups is 1. The lowest BCUT2D eigenvalue weighted by Crippen LogP contribution is -2.40. The van der Waals surface area contributed by atoms with E-state index in [1.54, 1.807) is 38.1 Å². The number of methoxy groups -OCH3 is 3. The lowest BCUT2D eigenvalue weighted by atomic mass is 10.2. The molecule has 3 aromatic rings. The van der Waals surface area contributed by atoms with Crippen molar-refractivity contribution in [2.24, 2.45) is 4.99 Å². The van der Waals surface area contributed by atoms with Crippen LogP contribution in [0.1, 0.15) is 12.8 Å². The summed E-state index contributed by atoms with van der Waals surface area (Å²) >= 11 is 3.06. The summed E-state index contributed by atoms with van der Waals surface area (Å²) in [7, 11) is 0.813. The highest BCUT2D eigenvalue weighted by molar-refractivity contribution is 7.98. The number of nitrogens with zero attached hydrogens (tertiary/aromatic N) is 3. The largest absolute Gasteiger partial charge is 0.497 e. The van der Waals surface area contributed by atoms with Crippen molar-refractivity contribution in [3.05, 3.63) is 41.2 Å². The number of fused-ring (bicyclic) bond motifs is 1. The molecular formula is C24H29N3O6S3. The van der Waals surface area contributed by atoms with Gasteiger partial charge in [0, 0.05) is 31.0 Å². The normalized spacial score (nSPS) is 17.0. The maximum absolute atomic E-state index is 13.4. The van der Waals surface area contributed by atoms with Crippen molar-refractivity contribution in [1.29, 1.82) is 0 Å². The molecule has 2 aromatic carbocycles. The van der Waals surface area contributed by atoms with Crippen molar-refractivity contribution in [2.75, 3.05) is 39.9 Å². The van der Waals surface area contributed by atoms with E-state index in [4.69, 9.17) is 14.2 Å². The van der Waals surface area contributed by atoms with Crippen molar-refractivity contribution in [3.63, 3.8) is 0 Å². The summed E-state index contributed by atoms with van der Waals surface area (Å²) in [6, 6.07) is 9.08. The number of aryl methyl sites for hydroxylation is 1. The number of ether oxygens (including phenoxy) is 3. The van der Waals surface area contributed by atoms with Crippen LogP contribution in [0.5, 0.6) is 17.2 Å². The Morgan fingerprint density at radius 3 is 2.44 bits per heavy atom. The zero-order chi connectivity index (χ0) is 25.9. The Kier molecular flexibility index (Phi) is 8.28. The first-order chi connectivity index (χ1) is 17.3. The number of amides is 1. The van der Waals surface area contributed by atoms with Gasteiger partial charge in [-0.05, 0) is 43.4 Å². The quantitative estimate of drug-likeness (QED) is 0.402. The summed E-state index contributed by atoms with van der Waals surface area (Å²) in [5, 5.41) is 0. The summed E-state index contributed by atoms with van der Waals surface area (Å²) in [6.45, 7) is 0.912. The van der Waals surface area contributed by atoms with Gasteiger partial charge in [0.2, 0.25) is 10.0 Å². The van der Waals surface area contributed by atoms with Crippen LogP contribution in [-0.4, -0.2) is 69.1 Å². The minimum atomic E-state index is -3.86. The van der Waals surface area contributed by atoms with Gasteiger partial charge in [0.1, 0.15) is 11.8 Å². The first-order valence-corrected chi connectivity index (χ1v) is 15.0. The van der Waals surface area contributed by atoms with E-state index in [1.165, 1.54) is 34.9 Å². The third-order valence-electron chi connectivity index (χ3n) is 6.07. The van der Waals surface area contributed by atoms with Crippen molar-refractivity contribution >= 4 is 49.2 Å². The third kappa shape index (κ3) is 5.13. The first-order valence-electron chi connectivity index (χ1n) is 11.3. The fourth-order valence-electron chi connectivity index (χ4n) is 4.21. The average Bonchev–Trinajstić information content (AvgIpc) is 3.52. The van der Waals surface area contributed by atoms with E-state index >= 15 is 0 Å². The second kappa shape index (κ2) is 11.2. The molecule has 4 rings (SSSR count). The van der Waals surface area contributed by atoms with E-state index in [-0.39, 0.29) is 11.4 Å². The fourth-order valence-corrected chi connectivity index (χ4v) is 7.29. The predicted molar refractivity (Wildman–Crippen MR) is 142 cm³/mol. The maximum atomic E-state index is 13.4. The molecule has 0 saturated carbocycles. The van der Waals surface area contributed by atoms with Gasteiger partial charge in [0.25, 0.3) is 5.91 Å². The molecule has 1 unspecified atom stereocenters. The van der Waals surface area contributed by atoms with Gasteiger partial charge in [-0.15, -0.1) is 0 Å². The van der Waals surface area contributed by atoms with Gasteiger partial charge in [0.05, 0.1) is 36.4 Å². The molecular weight excluding hydrogens is 522 g/mol. The summed E-state index contributed by atoms with van der Waals surface area (Å²) in [4.78, 5) is 18.5. The van der Waals surface area contributed by atoms with Crippen LogP contribution in [0.2, 0.25) is 0 Å². The highest BCUT2D eigenvalue weighted by atomic mass is 32.2. The van der Waals surface area contributed by atoms with Crippen molar-refractivity contribution in [2.45, 2.75) is 30.3 Å². The van der Waals surface area contributed by atoms with Gasteiger partial charge in [-0.3, -0.25) is 4.79 Å². The number of rotatable bonds is 9. The fraction of sp³-hybridized carbons (Fsp3) is 0.417. The van der Waals surface area contributed by atoms with Crippen molar-refractivity contribution in [1.82, 2.24) is 8.87 Å². The number of sulfonamides is 1. The Labute approximate surface area is 218 Å². The van der Waals surface area contributed by atoms with E-state index in [2.05, 4.69) is 4.99 Å². The van der Waals surface area contributed by atoms with E-state index in [0.717, 1.165) is 16.0 Å². The number of thioether (sulfide) groups is 1. The molecule has 1 fully saturated rings. The number of carbonyl (C=O) groups excluding carboxylic acids is 1. The molecule has 0 aliphatic carbocycles. The SMILES string of the molecule is COc1ccc(S(=O)(=O)N2CCCC2C(=O)N=c2sc3cc(OC)c(OC)cc3n2CCSC)cc1. The van der Waals surface area contributed by atoms with E-state index in [9.17, 15) is 13.2 Å². The average molecular weight is 552 g/mol. The molecule has 0 N–H and O–H groups in total. The Morgan fingerprint density at radius 2 is 1.81 bits per heavy atom. The summed E-state index contributed by atoms with van der Waals surface area (Å²) in [5.74, 6) is 2.10. The highest BCUT2D eigenvalue weighted by Gasteiger charge is 2.39. The van der Waals surface area contributed by atoms with Crippen LogP contribution in [0, 0.1) is 0 Å². The van der Waals surface area contributed by atoms with Crippen LogP contribution >= 0.6 is 23.1 Å². The van der Waals surface area contributed by atoms with Crippen LogP contribution in [0.15, 0.2) is 46.3 Å². The van der Waals surface area contributed by atoms with Gasteiger partial charge in [-0.2, -0.15) is 21.1 Å². The number of aromatic nitrogens is 1. The Balaban J connectivity index is 1.73. The second-order valence-electron chi connectivity index (χ2n) is 8.10. The molecule has 1 aromatic heterocycles. The zero-order valence-corrected chi connectivity index (χ0v) is 23.0. The van der Waals surface area contributed by atoms with E-state index in [0.29, 0.717) is 41.4 Å². The Hall–Kier alpha value is -2.54. The molecule has 1 aliphatic rings. The third-order valence-corrected chi connectivity index (χ3v) is 9.62. The monoisotopic (exact) mass is 551 g/mol. The molecule has 194 valence electrons. The molecule has 1 amide bonds. The molecule has 1 aliphatic heterocycles. The minimum absolute atomic E-state index is 0.124. The van der Waals surface area contributed by atoms with E-state index < -0.39 is 22.0 Å². The van der Waals surface area contributed by atoms with Crippen LogP contribution < -0.4 is 19.0 Å². The molecule has 9 nitrogen and oxygen atoms in total. The first kappa shape index (κ1) is 26.5. The van der Waals surface area contributed by atoms with E-state index in [1.807, 2.05) is 23.0 Å². The topological polar surface area (TPSA) is 99.4 Å². The highest BCUT2D eigenvalue weighted by Crippen LogP contribution is 2.34. The molecule has 36 heavy (non-hydrogen) atoms. The van der Waals surface area contributed by atoms with Gasteiger partial charge < -0.3 is 18.8 Å². The summed E-state index contributed by atoms with van der Waals surface area (Å²) in [5.41, 5.74) is 0.882. The summed E-state index contributed by atoms with van der Waals surface area (Å²) in [6.07, 6.45) is 3.03. The van der Waals surface area contributed by atoms with Crippen LogP contribution in [0.4, 0.5) is 0 Å². The van der Waals surface area contributed by atoms with Gasteiger partial charge in [-0.25, -0.2) is 8.42 Å². The number of hydrogen-bond acceptors (Lipinski definition) is 8. The Morgan fingerprint density at radius 1 is 1.11 bits per heavy atom. The zero-order valence-electron chi connectivity index (χ0n) is 20.6. The molecule has 1 atom stereocenters. The van der Waals surface area contributed by atoms with Crippen LogP contribution in [-0.2, 0) is 21.4 Å². The smallest absolute Gasteiger partial charge is 0.266 e. The van der Waals surface area contributed by atoms with Crippen molar-refractivity contribution in [3.8, 4) is 17.2 Å². The number of hydrogen-bond donors (Lipinski definition) is 0. The molecule has 0 bridgehead atoms. The predicted octanol–water partition coefficient (Wildman–Crippen LogP) is 3.37. The lowest BCUT2D eigenvalue weighted by Gasteiger charge is -2.21. The number of thiazole rings is 1. The summed E-state index contributed by atoms with van der Waals surface area (Å²) < 4.78 is 46.9. The Bertz CT molecular complexity index is 1410. The molecule has 0 spiro atoms. The van der Waals surface area contributed by atoms with Crippen LogP contribution in [0.25, 0.3) is 10.2 Å². The molecule has 12 heteroatoms.